The zero-order valence-corrected chi connectivity index (χ0v) is 12.4. The van der Waals surface area contributed by atoms with Crippen molar-refractivity contribution >= 4 is 16.8 Å². The number of nitrogens with zero attached hydrogens (tertiary/aromatic N) is 2. The maximum Gasteiger partial charge on any atom is 0.180 e. The van der Waals surface area contributed by atoms with Gasteiger partial charge in [-0.25, -0.2) is 0 Å². The molecule has 2 aromatic carbocycles. The minimum atomic E-state index is -1.51. The van der Waals surface area contributed by atoms with Gasteiger partial charge in [0.15, 0.2) is 6.29 Å². The Morgan fingerprint density at radius 3 is 2.61 bits per heavy atom. The van der Waals surface area contributed by atoms with Crippen LogP contribution in [0.5, 0.6) is 0 Å². The van der Waals surface area contributed by atoms with Gasteiger partial charge in [-0.2, -0.15) is 10.2 Å². The first kappa shape index (κ1) is 14.1. The van der Waals surface area contributed by atoms with Gasteiger partial charge in [-0.15, -0.1) is 0 Å². The fourth-order valence-electron chi connectivity index (χ4n) is 3.05. The number of hydrogen-bond donors (Lipinski definition) is 2. The summed E-state index contributed by atoms with van der Waals surface area (Å²) in [6.45, 7) is 0. The van der Waals surface area contributed by atoms with Crippen molar-refractivity contribution in [2.75, 3.05) is 0 Å². The molecule has 0 saturated carbocycles. The van der Waals surface area contributed by atoms with Crippen molar-refractivity contribution in [1.82, 2.24) is 0 Å². The van der Waals surface area contributed by atoms with Crippen molar-refractivity contribution in [2.24, 2.45) is 10.2 Å². The summed E-state index contributed by atoms with van der Waals surface area (Å²) >= 11 is 0. The smallest absolute Gasteiger partial charge is 0.180 e. The number of fused-ring (bicyclic) bond motifs is 1. The fraction of sp³-hybridized carbons (Fsp3) is 0.158. The molecule has 2 aliphatic rings. The van der Waals surface area contributed by atoms with Gasteiger partial charge in [-0.3, -0.25) is 0 Å². The third-order valence-electron chi connectivity index (χ3n) is 4.27. The van der Waals surface area contributed by atoms with Gasteiger partial charge >= 0.3 is 0 Å². The van der Waals surface area contributed by atoms with Crippen LogP contribution in [0.25, 0.3) is 11.1 Å². The molecule has 4 nitrogen and oxygen atoms in total. The number of aliphatic hydroxyl groups is 2. The molecule has 1 heterocycles. The van der Waals surface area contributed by atoms with E-state index in [0.717, 1.165) is 23.2 Å². The monoisotopic (exact) mass is 304 g/mol. The van der Waals surface area contributed by atoms with Crippen LogP contribution in [0.15, 0.2) is 70.9 Å². The Hall–Kier alpha value is -2.56. The Labute approximate surface area is 134 Å². The lowest BCUT2D eigenvalue weighted by Crippen LogP contribution is -2.13. The summed E-state index contributed by atoms with van der Waals surface area (Å²) in [5.74, 6) is 0. The second kappa shape index (κ2) is 5.57. The summed E-state index contributed by atoms with van der Waals surface area (Å²) in [7, 11) is 0. The number of hydrogen-bond acceptors (Lipinski definition) is 4. The van der Waals surface area contributed by atoms with E-state index in [1.807, 2.05) is 36.4 Å². The van der Waals surface area contributed by atoms with E-state index in [1.165, 1.54) is 16.7 Å². The van der Waals surface area contributed by atoms with Gasteiger partial charge in [0.1, 0.15) is 6.04 Å². The highest BCUT2D eigenvalue weighted by Gasteiger charge is 2.26. The van der Waals surface area contributed by atoms with Gasteiger partial charge < -0.3 is 10.2 Å². The van der Waals surface area contributed by atoms with Gasteiger partial charge in [-0.1, -0.05) is 54.6 Å². The zero-order chi connectivity index (χ0) is 15.8. The molecular formula is C19H16N2O2. The Balaban J connectivity index is 1.63. The van der Waals surface area contributed by atoms with Crippen molar-refractivity contribution in [3.8, 4) is 0 Å². The van der Waals surface area contributed by atoms with Crippen LogP contribution in [-0.2, 0) is 0 Å². The van der Waals surface area contributed by atoms with E-state index < -0.39 is 12.3 Å². The molecule has 0 saturated heterocycles. The molecule has 0 spiro atoms. The van der Waals surface area contributed by atoms with Gasteiger partial charge in [0.05, 0.1) is 5.69 Å². The van der Waals surface area contributed by atoms with E-state index in [4.69, 9.17) is 0 Å². The summed E-state index contributed by atoms with van der Waals surface area (Å²) < 4.78 is 0. The van der Waals surface area contributed by atoms with E-state index >= 15 is 0 Å². The third-order valence-corrected chi connectivity index (χ3v) is 4.27. The maximum atomic E-state index is 9.32. The molecular weight excluding hydrogens is 288 g/mol. The van der Waals surface area contributed by atoms with Crippen LogP contribution in [0.3, 0.4) is 0 Å². The molecule has 114 valence electrons. The number of azo groups is 1. The van der Waals surface area contributed by atoms with Crippen molar-refractivity contribution in [2.45, 2.75) is 18.8 Å². The van der Waals surface area contributed by atoms with Crippen LogP contribution in [0, 0.1) is 0 Å². The second-order valence-corrected chi connectivity index (χ2v) is 5.75. The summed E-state index contributed by atoms with van der Waals surface area (Å²) in [6.07, 6.45) is 3.79. The minimum absolute atomic E-state index is 0.672. The van der Waals surface area contributed by atoms with Crippen LogP contribution >= 0.6 is 0 Å². The molecule has 2 N–H and O–H groups in total. The lowest BCUT2D eigenvalue weighted by molar-refractivity contribution is -0.0582. The molecule has 0 fully saturated rings. The first-order chi connectivity index (χ1) is 11.2. The zero-order valence-electron chi connectivity index (χ0n) is 12.4. The minimum Gasteiger partial charge on any atom is -0.366 e. The standard InChI is InChI=1S/C19H16N2O2/c22-19(23)18-16-9-8-15(11-17(16)20-21-18)14-7-6-13(10-14)12-4-2-1-3-5-12/h1-6,8-11,18-19,22-23H,7H2. The first-order valence-corrected chi connectivity index (χ1v) is 7.60. The van der Waals surface area contributed by atoms with Gasteiger partial charge in [0.25, 0.3) is 0 Å². The summed E-state index contributed by atoms with van der Waals surface area (Å²) in [5.41, 5.74) is 6.25. The van der Waals surface area contributed by atoms with Crippen LogP contribution < -0.4 is 0 Å². The Morgan fingerprint density at radius 1 is 1.00 bits per heavy atom. The number of allylic oxidation sites excluding steroid dienone is 4. The topological polar surface area (TPSA) is 65.2 Å². The predicted octanol–water partition coefficient (Wildman–Crippen LogP) is 4.01. The predicted molar refractivity (Wildman–Crippen MR) is 88.9 cm³/mol. The normalized spacial score (nSPS) is 19.0. The number of rotatable bonds is 3. The average Bonchev–Trinajstić information content (AvgIpc) is 3.22. The van der Waals surface area contributed by atoms with Crippen LogP contribution in [-0.4, -0.2) is 16.5 Å². The van der Waals surface area contributed by atoms with E-state index in [0.29, 0.717) is 0 Å². The molecule has 0 bridgehead atoms. The van der Waals surface area contributed by atoms with Crippen molar-refractivity contribution in [1.29, 1.82) is 0 Å². The highest BCUT2D eigenvalue weighted by molar-refractivity contribution is 5.89. The number of aliphatic hydroxyl groups excluding tert-OH is 1. The first-order valence-electron chi connectivity index (χ1n) is 7.60. The van der Waals surface area contributed by atoms with Gasteiger partial charge in [-0.05, 0) is 34.8 Å². The van der Waals surface area contributed by atoms with Gasteiger partial charge in [0.2, 0.25) is 0 Å². The van der Waals surface area contributed by atoms with E-state index in [1.54, 1.807) is 0 Å². The van der Waals surface area contributed by atoms with Crippen molar-refractivity contribution in [3.05, 3.63) is 77.4 Å². The molecule has 4 heteroatoms. The summed E-state index contributed by atoms with van der Waals surface area (Å²) in [5, 5.41) is 26.6. The quantitative estimate of drug-likeness (QED) is 0.842. The Kier molecular flexibility index (Phi) is 3.41. The molecule has 1 aliphatic carbocycles. The van der Waals surface area contributed by atoms with Gasteiger partial charge in [0, 0.05) is 5.56 Å². The fourth-order valence-corrected chi connectivity index (χ4v) is 3.05. The SMILES string of the molecule is OC(O)C1N=Nc2cc(C3=CC(c4ccccc4)=CC3)ccc21. The molecule has 1 unspecified atom stereocenters. The maximum absolute atomic E-state index is 9.32. The average molecular weight is 304 g/mol. The third kappa shape index (κ3) is 2.52. The molecule has 0 aromatic heterocycles. The largest absolute Gasteiger partial charge is 0.366 e. The summed E-state index contributed by atoms with van der Waals surface area (Å²) in [6, 6.07) is 15.5. The Morgan fingerprint density at radius 2 is 1.83 bits per heavy atom. The van der Waals surface area contributed by atoms with E-state index in [-0.39, 0.29) is 0 Å². The molecule has 23 heavy (non-hydrogen) atoms. The Bertz CT molecular complexity index is 836. The molecule has 4 rings (SSSR count). The lowest BCUT2D eigenvalue weighted by atomic mass is 9.99. The lowest BCUT2D eigenvalue weighted by Gasteiger charge is -2.10. The molecule has 1 atom stereocenters. The molecule has 2 aromatic rings. The van der Waals surface area contributed by atoms with Crippen molar-refractivity contribution in [3.63, 3.8) is 0 Å². The second-order valence-electron chi connectivity index (χ2n) is 5.75. The molecule has 1 aliphatic heterocycles. The van der Waals surface area contributed by atoms with Crippen molar-refractivity contribution < 1.29 is 10.2 Å². The highest BCUT2D eigenvalue weighted by Crippen LogP contribution is 2.40. The van der Waals surface area contributed by atoms with Crippen LogP contribution in [0.2, 0.25) is 0 Å². The summed E-state index contributed by atoms with van der Waals surface area (Å²) in [4.78, 5) is 0. The van der Waals surface area contributed by atoms with Crippen LogP contribution in [0.4, 0.5) is 5.69 Å². The van der Waals surface area contributed by atoms with E-state index in [9.17, 15) is 10.2 Å². The molecule has 0 amide bonds. The molecule has 0 radical (unpaired) electrons. The van der Waals surface area contributed by atoms with E-state index in [2.05, 4.69) is 34.5 Å². The number of benzene rings is 2. The van der Waals surface area contributed by atoms with Crippen LogP contribution in [0.1, 0.15) is 29.2 Å². The highest BCUT2D eigenvalue weighted by atomic mass is 16.5.